The van der Waals surface area contributed by atoms with Crippen LogP contribution in [0.1, 0.15) is 41.3 Å². The molecule has 1 aromatic heterocycles. The van der Waals surface area contributed by atoms with Gasteiger partial charge in [-0.2, -0.15) is 4.31 Å². The molecule has 7 heteroatoms. The van der Waals surface area contributed by atoms with Crippen LogP contribution in [0.25, 0.3) is 0 Å². The normalized spacial score (nSPS) is 16.3. The summed E-state index contributed by atoms with van der Waals surface area (Å²) in [4.78, 5) is 16.8. The average Bonchev–Trinajstić information content (AvgIpc) is 2.64. The van der Waals surface area contributed by atoms with E-state index in [0.29, 0.717) is 35.8 Å². The highest BCUT2D eigenvalue weighted by Gasteiger charge is 2.30. The van der Waals surface area contributed by atoms with Gasteiger partial charge in [0.15, 0.2) is 0 Å². The molecule has 2 aromatic rings. The number of rotatable bonds is 4. The highest BCUT2D eigenvalue weighted by Crippen LogP contribution is 2.28. The quantitative estimate of drug-likeness (QED) is 0.872. The van der Waals surface area contributed by atoms with Crippen molar-refractivity contribution in [3.05, 3.63) is 53.3 Å². The molecular weight excluding hydrogens is 362 g/mol. The maximum atomic E-state index is 13.2. The lowest BCUT2D eigenvalue weighted by Crippen LogP contribution is -2.38. The first kappa shape index (κ1) is 19.5. The number of carbonyl (C=O) groups excluding carboxylic acids is 1. The molecule has 0 spiro atoms. The van der Waals surface area contributed by atoms with Gasteiger partial charge in [0, 0.05) is 24.8 Å². The first-order valence-electron chi connectivity index (χ1n) is 9.12. The standard InChI is InChI=1S/C20H25N3O3S/c1-14-6-9-23(10-7-14)27(25,26)19-12-17(11-15(2)16(19)3)20(24)22-18-5-4-8-21-13-18/h4-5,8,11-14H,6-7,9-10H2,1-3H3,(H,22,24). The lowest BCUT2D eigenvalue weighted by Gasteiger charge is -2.30. The molecule has 3 rings (SSSR count). The average molecular weight is 388 g/mol. The van der Waals surface area contributed by atoms with E-state index in [1.54, 1.807) is 37.5 Å². The fourth-order valence-corrected chi connectivity index (χ4v) is 5.02. The van der Waals surface area contributed by atoms with Crippen molar-refractivity contribution in [1.29, 1.82) is 0 Å². The van der Waals surface area contributed by atoms with Gasteiger partial charge in [0.05, 0.1) is 16.8 Å². The Labute approximate surface area is 160 Å². The minimum Gasteiger partial charge on any atom is -0.321 e. The number of piperidine rings is 1. The number of carbonyl (C=O) groups is 1. The molecule has 6 nitrogen and oxygen atoms in total. The van der Waals surface area contributed by atoms with E-state index in [-0.39, 0.29) is 10.8 Å². The van der Waals surface area contributed by atoms with Gasteiger partial charge in [-0.3, -0.25) is 9.78 Å². The van der Waals surface area contributed by atoms with Crippen LogP contribution in [-0.4, -0.2) is 36.7 Å². The molecule has 0 saturated carbocycles. The molecule has 1 aromatic carbocycles. The maximum Gasteiger partial charge on any atom is 0.255 e. The first-order valence-corrected chi connectivity index (χ1v) is 10.6. The van der Waals surface area contributed by atoms with Crippen molar-refractivity contribution in [2.24, 2.45) is 5.92 Å². The molecule has 0 radical (unpaired) electrons. The molecule has 1 aliphatic heterocycles. The fraction of sp³-hybridized carbons (Fsp3) is 0.400. The van der Waals surface area contributed by atoms with Crippen LogP contribution in [0.5, 0.6) is 0 Å². The molecule has 1 saturated heterocycles. The third-order valence-electron chi connectivity index (χ3n) is 5.16. The van der Waals surface area contributed by atoms with Crippen molar-refractivity contribution in [3.63, 3.8) is 0 Å². The van der Waals surface area contributed by atoms with Crippen molar-refractivity contribution in [3.8, 4) is 0 Å². The van der Waals surface area contributed by atoms with Crippen molar-refractivity contribution < 1.29 is 13.2 Å². The molecule has 27 heavy (non-hydrogen) atoms. The lowest BCUT2D eigenvalue weighted by molar-refractivity contribution is 0.102. The Bertz CT molecular complexity index is 934. The molecule has 0 aliphatic carbocycles. The topological polar surface area (TPSA) is 79.4 Å². The smallest absolute Gasteiger partial charge is 0.255 e. The van der Waals surface area contributed by atoms with Crippen LogP contribution in [0.15, 0.2) is 41.6 Å². The van der Waals surface area contributed by atoms with Gasteiger partial charge < -0.3 is 5.32 Å². The van der Waals surface area contributed by atoms with Gasteiger partial charge >= 0.3 is 0 Å². The molecule has 1 aliphatic rings. The zero-order chi connectivity index (χ0) is 19.6. The second kappa shape index (κ2) is 7.78. The number of sulfonamides is 1. The van der Waals surface area contributed by atoms with Gasteiger partial charge in [0.2, 0.25) is 10.0 Å². The van der Waals surface area contributed by atoms with Crippen LogP contribution in [0.2, 0.25) is 0 Å². The van der Waals surface area contributed by atoms with Crippen LogP contribution < -0.4 is 5.32 Å². The third kappa shape index (κ3) is 4.20. The van der Waals surface area contributed by atoms with E-state index in [0.717, 1.165) is 18.4 Å². The van der Waals surface area contributed by atoms with E-state index in [4.69, 9.17) is 0 Å². The Morgan fingerprint density at radius 1 is 1.22 bits per heavy atom. The summed E-state index contributed by atoms with van der Waals surface area (Å²) in [6, 6.07) is 6.67. The van der Waals surface area contributed by atoms with Crippen molar-refractivity contribution in [1.82, 2.24) is 9.29 Å². The van der Waals surface area contributed by atoms with Crippen molar-refractivity contribution in [2.45, 2.75) is 38.5 Å². The number of amides is 1. The van der Waals surface area contributed by atoms with Crippen LogP contribution >= 0.6 is 0 Å². The van der Waals surface area contributed by atoms with Gasteiger partial charge in [-0.25, -0.2) is 8.42 Å². The number of aryl methyl sites for hydroxylation is 1. The number of aromatic nitrogens is 1. The van der Waals surface area contributed by atoms with E-state index in [1.807, 2.05) is 6.92 Å². The molecule has 0 atom stereocenters. The van der Waals surface area contributed by atoms with Gasteiger partial charge in [-0.15, -0.1) is 0 Å². The number of anilines is 1. The molecule has 144 valence electrons. The van der Waals surface area contributed by atoms with Crippen LogP contribution in [0.4, 0.5) is 5.69 Å². The molecular formula is C20H25N3O3S. The van der Waals surface area contributed by atoms with Crippen molar-refractivity contribution >= 4 is 21.6 Å². The van der Waals surface area contributed by atoms with E-state index in [2.05, 4.69) is 17.2 Å². The number of nitrogens with zero attached hydrogens (tertiary/aromatic N) is 2. The molecule has 0 unspecified atom stereocenters. The summed E-state index contributed by atoms with van der Waals surface area (Å²) >= 11 is 0. The summed E-state index contributed by atoms with van der Waals surface area (Å²) in [5, 5.41) is 2.76. The summed E-state index contributed by atoms with van der Waals surface area (Å²) in [6.07, 6.45) is 4.89. The van der Waals surface area contributed by atoms with E-state index in [1.165, 1.54) is 10.4 Å². The van der Waals surface area contributed by atoms with Crippen LogP contribution in [-0.2, 0) is 10.0 Å². The first-order chi connectivity index (χ1) is 12.8. The highest BCUT2D eigenvalue weighted by atomic mass is 32.2. The van der Waals surface area contributed by atoms with Crippen LogP contribution in [0.3, 0.4) is 0 Å². The zero-order valence-corrected chi connectivity index (χ0v) is 16.7. The SMILES string of the molecule is Cc1cc(C(=O)Nc2cccnc2)cc(S(=O)(=O)N2CCC(C)CC2)c1C. The van der Waals surface area contributed by atoms with Gasteiger partial charge in [0.25, 0.3) is 5.91 Å². The minimum absolute atomic E-state index is 0.216. The Balaban J connectivity index is 1.93. The third-order valence-corrected chi connectivity index (χ3v) is 7.19. The molecule has 2 heterocycles. The second-order valence-corrected chi connectivity index (χ2v) is 9.11. The zero-order valence-electron chi connectivity index (χ0n) is 15.9. The van der Waals surface area contributed by atoms with E-state index in [9.17, 15) is 13.2 Å². The Hall–Kier alpha value is -2.25. The number of pyridine rings is 1. The number of benzene rings is 1. The monoisotopic (exact) mass is 387 g/mol. The number of nitrogens with one attached hydrogen (secondary N) is 1. The summed E-state index contributed by atoms with van der Waals surface area (Å²) in [5.41, 5.74) is 2.35. The molecule has 1 N–H and O–H groups in total. The highest BCUT2D eigenvalue weighted by molar-refractivity contribution is 7.89. The van der Waals surface area contributed by atoms with Crippen LogP contribution in [0, 0.1) is 19.8 Å². The minimum atomic E-state index is -3.63. The summed E-state index contributed by atoms with van der Waals surface area (Å²) in [7, 11) is -3.63. The predicted molar refractivity (Wildman–Crippen MR) is 105 cm³/mol. The van der Waals surface area contributed by atoms with Gasteiger partial charge in [0.1, 0.15) is 0 Å². The largest absolute Gasteiger partial charge is 0.321 e. The molecule has 1 fully saturated rings. The second-order valence-electron chi connectivity index (χ2n) is 7.20. The fourth-order valence-electron chi connectivity index (χ4n) is 3.23. The maximum absolute atomic E-state index is 13.2. The van der Waals surface area contributed by atoms with Crippen molar-refractivity contribution in [2.75, 3.05) is 18.4 Å². The lowest BCUT2D eigenvalue weighted by atomic mass is 10.0. The Morgan fingerprint density at radius 3 is 2.56 bits per heavy atom. The number of hydrogen-bond donors (Lipinski definition) is 1. The Kier molecular flexibility index (Phi) is 5.62. The number of hydrogen-bond acceptors (Lipinski definition) is 4. The summed E-state index contributed by atoms with van der Waals surface area (Å²) in [6.45, 7) is 6.80. The predicted octanol–water partition coefficient (Wildman–Crippen LogP) is 3.37. The summed E-state index contributed by atoms with van der Waals surface area (Å²) < 4.78 is 27.9. The summed E-state index contributed by atoms with van der Waals surface area (Å²) in [5.74, 6) is 0.186. The van der Waals surface area contributed by atoms with Gasteiger partial charge in [-0.1, -0.05) is 6.92 Å². The Morgan fingerprint density at radius 2 is 1.93 bits per heavy atom. The van der Waals surface area contributed by atoms with E-state index >= 15 is 0 Å². The molecule has 0 bridgehead atoms. The van der Waals surface area contributed by atoms with Gasteiger partial charge in [-0.05, 0) is 68.0 Å². The molecule has 1 amide bonds. The van der Waals surface area contributed by atoms with E-state index < -0.39 is 10.0 Å².